The minimum atomic E-state index is -1.19. The SMILES string of the molecule is Cn1nc(C(=O)NCc2ccc(C#N)cc2)c2c1C(=O)N(CC1(S(=O)C3(CN)COC3)CC1)CC2. The fraction of sp³-hybridized carbons (Fsp3) is 0.500. The second-order valence-corrected chi connectivity index (χ2v) is 11.9. The van der Waals surface area contributed by atoms with Crippen molar-refractivity contribution in [3.63, 3.8) is 0 Å². The molecule has 1 aromatic heterocycles. The first-order valence-electron chi connectivity index (χ1n) is 11.6. The lowest BCUT2D eigenvalue weighted by molar-refractivity contribution is -0.00750. The lowest BCUT2D eigenvalue weighted by Gasteiger charge is -2.43. The molecule has 35 heavy (non-hydrogen) atoms. The number of amides is 2. The van der Waals surface area contributed by atoms with E-state index in [9.17, 15) is 13.8 Å². The van der Waals surface area contributed by atoms with Crippen molar-refractivity contribution in [1.29, 1.82) is 5.26 Å². The van der Waals surface area contributed by atoms with Gasteiger partial charge in [-0.1, -0.05) is 12.1 Å². The Hall–Kier alpha value is -3.07. The number of nitrogens with two attached hydrogens (primary N) is 1. The largest absolute Gasteiger partial charge is 0.378 e. The Morgan fingerprint density at radius 1 is 1.29 bits per heavy atom. The van der Waals surface area contributed by atoms with Crippen LogP contribution in [0.4, 0.5) is 0 Å². The molecule has 1 atom stereocenters. The number of aryl methyl sites for hydroxylation is 1. The fourth-order valence-corrected chi connectivity index (χ4v) is 7.04. The van der Waals surface area contributed by atoms with Crippen molar-refractivity contribution in [3.8, 4) is 6.07 Å². The van der Waals surface area contributed by atoms with Gasteiger partial charge in [-0.3, -0.25) is 18.5 Å². The van der Waals surface area contributed by atoms with Crippen LogP contribution in [0.15, 0.2) is 24.3 Å². The van der Waals surface area contributed by atoms with E-state index >= 15 is 0 Å². The Labute approximate surface area is 205 Å². The van der Waals surface area contributed by atoms with E-state index in [-0.39, 0.29) is 24.1 Å². The molecule has 5 rings (SSSR count). The molecule has 1 unspecified atom stereocenters. The molecule has 1 saturated carbocycles. The van der Waals surface area contributed by atoms with Gasteiger partial charge >= 0.3 is 0 Å². The Morgan fingerprint density at radius 2 is 2.00 bits per heavy atom. The summed E-state index contributed by atoms with van der Waals surface area (Å²) in [6.07, 6.45) is 2.10. The molecule has 184 valence electrons. The topological polar surface area (TPSA) is 143 Å². The van der Waals surface area contributed by atoms with Crippen LogP contribution < -0.4 is 11.1 Å². The summed E-state index contributed by atoms with van der Waals surface area (Å²) in [5.41, 5.74) is 8.64. The number of hydrogen-bond acceptors (Lipinski definition) is 7. The molecular weight excluding hydrogens is 468 g/mol. The van der Waals surface area contributed by atoms with Crippen LogP contribution in [0.5, 0.6) is 0 Å². The number of nitriles is 1. The summed E-state index contributed by atoms with van der Waals surface area (Å²) in [6.45, 7) is 2.25. The van der Waals surface area contributed by atoms with Gasteiger partial charge < -0.3 is 20.7 Å². The van der Waals surface area contributed by atoms with Crippen LogP contribution in [-0.4, -0.2) is 73.0 Å². The number of nitrogens with zero attached hydrogens (tertiary/aromatic N) is 4. The molecular formula is C24H28N6O4S. The summed E-state index contributed by atoms with van der Waals surface area (Å²) in [5.74, 6) is -0.538. The van der Waals surface area contributed by atoms with Crippen molar-refractivity contribution >= 4 is 22.6 Å². The van der Waals surface area contributed by atoms with Gasteiger partial charge in [0.1, 0.15) is 10.4 Å². The van der Waals surface area contributed by atoms with Crippen LogP contribution in [0, 0.1) is 11.3 Å². The Bertz CT molecular complexity index is 1230. The molecule has 1 saturated heterocycles. The van der Waals surface area contributed by atoms with Crippen LogP contribution in [0.1, 0.15) is 50.5 Å². The highest BCUT2D eigenvalue weighted by Gasteiger charge is 2.59. The maximum absolute atomic E-state index is 13.4. The zero-order chi connectivity index (χ0) is 24.8. The number of rotatable bonds is 8. The van der Waals surface area contributed by atoms with Gasteiger partial charge in [0.2, 0.25) is 0 Å². The number of benzene rings is 1. The van der Waals surface area contributed by atoms with Crippen molar-refractivity contribution in [2.24, 2.45) is 12.8 Å². The number of fused-ring (bicyclic) bond motifs is 1. The highest BCUT2D eigenvalue weighted by atomic mass is 32.2. The predicted octanol–water partition coefficient (Wildman–Crippen LogP) is 0.229. The third kappa shape index (κ3) is 4.05. The standard InChI is InChI=1S/C24H28N6O4S/c1-29-20-18(19(28-29)21(31)27-11-17-4-2-16(10-25)3-5-17)6-9-30(22(20)32)13-23(7-8-23)35(33)24(12-26)14-34-15-24/h2-5H,6-9,11-15,26H2,1H3,(H,27,31). The average Bonchev–Trinajstić information content (AvgIpc) is 3.54. The first kappa shape index (κ1) is 23.7. The van der Waals surface area contributed by atoms with Gasteiger partial charge in [0, 0.05) is 49.6 Å². The van der Waals surface area contributed by atoms with Gasteiger partial charge in [0.25, 0.3) is 11.8 Å². The van der Waals surface area contributed by atoms with Crippen molar-refractivity contribution in [1.82, 2.24) is 20.0 Å². The zero-order valence-electron chi connectivity index (χ0n) is 19.6. The quantitative estimate of drug-likeness (QED) is 0.532. The predicted molar refractivity (Wildman–Crippen MR) is 128 cm³/mol. The van der Waals surface area contributed by atoms with Crippen molar-refractivity contribution in [2.75, 3.05) is 32.8 Å². The van der Waals surface area contributed by atoms with Crippen molar-refractivity contribution in [3.05, 3.63) is 52.3 Å². The smallest absolute Gasteiger partial charge is 0.272 e. The van der Waals surface area contributed by atoms with E-state index in [1.54, 1.807) is 36.2 Å². The molecule has 3 N–H and O–H groups in total. The first-order valence-corrected chi connectivity index (χ1v) is 12.8. The molecule has 11 heteroatoms. The number of ether oxygens (including phenoxy) is 1. The molecule has 10 nitrogen and oxygen atoms in total. The van der Waals surface area contributed by atoms with E-state index in [1.807, 2.05) is 0 Å². The number of nitrogens with one attached hydrogen (secondary N) is 1. The third-order valence-electron chi connectivity index (χ3n) is 7.19. The monoisotopic (exact) mass is 496 g/mol. The lowest BCUT2D eigenvalue weighted by atomic mass is 10.0. The highest BCUT2D eigenvalue weighted by molar-refractivity contribution is 7.88. The highest BCUT2D eigenvalue weighted by Crippen LogP contribution is 2.48. The van der Waals surface area contributed by atoms with E-state index in [2.05, 4.69) is 16.5 Å². The summed E-state index contributed by atoms with van der Waals surface area (Å²) in [6, 6.07) is 9.04. The van der Waals surface area contributed by atoms with Gasteiger partial charge in [-0.15, -0.1) is 0 Å². The normalized spacial score (nSPS) is 20.4. The Balaban J connectivity index is 1.28. The van der Waals surface area contributed by atoms with Gasteiger partial charge in [0.15, 0.2) is 5.69 Å². The minimum Gasteiger partial charge on any atom is -0.378 e. The molecule has 2 aromatic rings. The van der Waals surface area contributed by atoms with E-state index in [1.165, 1.54) is 4.68 Å². The number of carbonyl (C=O) groups excluding carboxylic acids is 2. The summed E-state index contributed by atoms with van der Waals surface area (Å²) < 4.78 is 19.2. The van der Waals surface area contributed by atoms with Crippen molar-refractivity contribution < 1.29 is 18.5 Å². The van der Waals surface area contributed by atoms with Crippen molar-refractivity contribution in [2.45, 2.75) is 35.3 Å². The molecule has 0 bridgehead atoms. The van der Waals surface area contributed by atoms with E-state index in [0.717, 1.165) is 18.4 Å². The molecule has 2 aliphatic heterocycles. The minimum absolute atomic E-state index is 0.192. The molecule has 1 aliphatic carbocycles. The number of carbonyl (C=O) groups is 2. The van der Waals surface area contributed by atoms with Gasteiger partial charge in [-0.05, 0) is 37.0 Å². The second kappa shape index (κ2) is 8.86. The average molecular weight is 497 g/mol. The Kier molecular flexibility index (Phi) is 5.99. The summed E-state index contributed by atoms with van der Waals surface area (Å²) in [7, 11) is 0.475. The molecule has 1 aromatic carbocycles. The maximum atomic E-state index is 13.4. The van der Waals surface area contributed by atoms with Gasteiger partial charge in [-0.25, -0.2) is 0 Å². The fourth-order valence-electron chi connectivity index (χ4n) is 4.85. The maximum Gasteiger partial charge on any atom is 0.272 e. The van der Waals surface area contributed by atoms with Crippen LogP contribution in [0.2, 0.25) is 0 Å². The number of hydrogen-bond donors (Lipinski definition) is 2. The zero-order valence-corrected chi connectivity index (χ0v) is 20.4. The van der Waals surface area contributed by atoms with E-state index < -0.39 is 20.3 Å². The molecule has 0 spiro atoms. The lowest BCUT2D eigenvalue weighted by Crippen LogP contribution is -2.62. The van der Waals surface area contributed by atoms with Crippen LogP contribution in [0.3, 0.4) is 0 Å². The van der Waals surface area contributed by atoms with Gasteiger partial charge in [0.05, 0.1) is 29.6 Å². The Morgan fingerprint density at radius 3 is 2.57 bits per heavy atom. The van der Waals surface area contributed by atoms with E-state index in [4.69, 9.17) is 15.7 Å². The first-order chi connectivity index (χ1) is 16.8. The van der Waals surface area contributed by atoms with Gasteiger partial charge in [-0.2, -0.15) is 10.4 Å². The molecule has 0 radical (unpaired) electrons. The van der Waals surface area contributed by atoms with Crippen LogP contribution >= 0.6 is 0 Å². The molecule has 3 aliphatic rings. The molecule has 2 fully saturated rings. The van der Waals surface area contributed by atoms with Crippen LogP contribution in [-0.2, 0) is 35.5 Å². The second-order valence-electron chi connectivity index (χ2n) is 9.60. The van der Waals surface area contributed by atoms with E-state index in [0.29, 0.717) is 56.1 Å². The summed E-state index contributed by atoms with van der Waals surface area (Å²) in [4.78, 5) is 28.0. The molecule has 2 amide bonds. The summed E-state index contributed by atoms with van der Waals surface area (Å²) >= 11 is 0. The van der Waals surface area contributed by atoms with Crippen LogP contribution in [0.25, 0.3) is 0 Å². The summed E-state index contributed by atoms with van der Waals surface area (Å²) in [5, 5.41) is 16.1. The molecule has 3 heterocycles. The third-order valence-corrected chi connectivity index (χ3v) is 9.71. The number of aromatic nitrogens is 2.